The molecule has 0 radical (unpaired) electrons. The summed E-state index contributed by atoms with van der Waals surface area (Å²) in [6.07, 6.45) is 4.18. The van der Waals surface area contributed by atoms with Crippen LogP contribution in [0.3, 0.4) is 0 Å². The van der Waals surface area contributed by atoms with E-state index in [0.717, 1.165) is 31.2 Å². The summed E-state index contributed by atoms with van der Waals surface area (Å²) >= 11 is 12.0. The van der Waals surface area contributed by atoms with Gasteiger partial charge in [0.05, 0.1) is 22.0 Å². The number of hydrogen-bond acceptors (Lipinski definition) is 2. The van der Waals surface area contributed by atoms with Gasteiger partial charge in [-0.15, -0.1) is 0 Å². The lowest BCUT2D eigenvalue weighted by molar-refractivity contribution is 0.394. The molecule has 4 heteroatoms. The van der Waals surface area contributed by atoms with Crippen molar-refractivity contribution >= 4 is 23.2 Å². The van der Waals surface area contributed by atoms with Crippen molar-refractivity contribution in [3.05, 3.63) is 33.8 Å². The normalized spacial score (nSPS) is 24.1. The van der Waals surface area contributed by atoms with Crippen LogP contribution < -0.4 is 5.32 Å². The van der Waals surface area contributed by atoms with E-state index in [9.17, 15) is 0 Å². The summed E-state index contributed by atoms with van der Waals surface area (Å²) in [6, 6.07) is 8.69. The summed E-state index contributed by atoms with van der Waals surface area (Å²) in [7, 11) is 0. The molecule has 3 unspecified atom stereocenters. The van der Waals surface area contributed by atoms with Crippen LogP contribution in [0.1, 0.15) is 44.2 Å². The van der Waals surface area contributed by atoms with Gasteiger partial charge in [0.15, 0.2) is 0 Å². The van der Waals surface area contributed by atoms with E-state index >= 15 is 0 Å². The second kappa shape index (κ2) is 6.61. The van der Waals surface area contributed by atoms with Gasteiger partial charge in [0, 0.05) is 12.1 Å². The van der Waals surface area contributed by atoms with Gasteiger partial charge in [-0.05, 0) is 37.0 Å². The highest BCUT2D eigenvalue weighted by Crippen LogP contribution is 2.30. The largest absolute Gasteiger partial charge is 0.306 e. The molecule has 1 aromatic carbocycles. The molecule has 0 amide bonds. The van der Waals surface area contributed by atoms with Gasteiger partial charge in [-0.3, -0.25) is 0 Å². The highest BCUT2D eigenvalue weighted by Gasteiger charge is 2.28. The number of hydrogen-bond donors (Lipinski definition) is 1. The van der Waals surface area contributed by atoms with E-state index in [4.69, 9.17) is 28.5 Å². The summed E-state index contributed by atoms with van der Waals surface area (Å²) in [6.45, 7) is 2.14. The lowest BCUT2D eigenvalue weighted by Gasteiger charge is -2.24. The molecular weight excluding hydrogens is 279 g/mol. The molecule has 1 fully saturated rings. The van der Waals surface area contributed by atoms with E-state index in [1.54, 1.807) is 0 Å². The fourth-order valence-corrected chi connectivity index (χ4v) is 3.06. The second-order valence-electron chi connectivity index (χ2n) is 5.07. The van der Waals surface area contributed by atoms with E-state index < -0.39 is 0 Å². The van der Waals surface area contributed by atoms with Crippen LogP contribution >= 0.6 is 23.2 Å². The van der Waals surface area contributed by atoms with Gasteiger partial charge in [-0.2, -0.15) is 5.26 Å². The Morgan fingerprint density at radius 3 is 2.79 bits per heavy atom. The van der Waals surface area contributed by atoms with Crippen molar-refractivity contribution in [1.29, 1.82) is 5.26 Å². The summed E-state index contributed by atoms with van der Waals surface area (Å²) in [5.74, 6) is 0.136. The maximum atomic E-state index is 9.14. The highest BCUT2D eigenvalue weighted by molar-refractivity contribution is 6.42. The molecule has 1 N–H and O–H groups in total. The Kier molecular flexibility index (Phi) is 5.10. The van der Waals surface area contributed by atoms with Crippen molar-refractivity contribution in [2.45, 2.75) is 44.7 Å². The van der Waals surface area contributed by atoms with E-state index in [1.165, 1.54) is 0 Å². The third kappa shape index (κ3) is 3.42. The van der Waals surface area contributed by atoms with Gasteiger partial charge in [-0.25, -0.2) is 0 Å². The molecule has 0 spiro atoms. The van der Waals surface area contributed by atoms with E-state index in [0.29, 0.717) is 16.1 Å². The minimum atomic E-state index is 0.136. The molecule has 0 aromatic heterocycles. The average molecular weight is 297 g/mol. The SMILES string of the molecule is CCC(NC1CCCC1C#N)c1ccc(Cl)c(Cl)c1. The second-order valence-corrected chi connectivity index (χ2v) is 5.89. The predicted octanol–water partition coefficient (Wildman–Crippen LogP) is 4.73. The van der Waals surface area contributed by atoms with Crippen LogP contribution in [-0.4, -0.2) is 6.04 Å². The van der Waals surface area contributed by atoms with Gasteiger partial charge in [0.1, 0.15) is 0 Å². The first-order valence-electron chi connectivity index (χ1n) is 6.76. The summed E-state index contributed by atoms with van der Waals surface area (Å²) in [5.41, 5.74) is 1.14. The van der Waals surface area contributed by atoms with Crippen LogP contribution in [0.5, 0.6) is 0 Å². The monoisotopic (exact) mass is 296 g/mol. The summed E-state index contributed by atoms with van der Waals surface area (Å²) in [5, 5.41) is 13.9. The highest BCUT2D eigenvalue weighted by atomic mass is 35.5. The van der Waals surface area contributed by atoms with Crippen molar-refractivity contribution in [1.82, 2.24) is 5.32 Å². The molecule has 2 rings (SSSR count). The number of nitriles is 1. The van der Waals surface area contributed by atoms with Crippen LogP contribution in [0.25, 0.3) is 0 Å². The Bertz CT molecular complexity index is 482. The van der Waals surface area contributed by atoms with Crippen molar-refractivity contribution < 1.29 is 0 Å². The molecule has 1 aliphatic rings. The van der Waals surface area contributed by atoms with Crippen LogP contribution in [0.15, 0.2) is 18.2 Å². The molecule has 19 heavy (non-hydrogen) atoms. The minimum Gasteiger partial charge on any atom is -0.306 e. The van der Waals surface area contributed by atoms with Crippen molar-refractivity contribution in [2.75, 3.05) is 0 Å². The van der Waals surface area contributed by atoms with Crippen LogP contribution in [0.2, 0.25) is 10.0 Å². The zero-order valence-corrected chi connectivity index (χ0v) is 12.5. The Balaban J connectivity index is 2.11. The minimum absolute atomic E-state index is 0.136. The van der Waals surface area contributed by atoms with Gasteiger partial charge in [-0.1, -0.05) is 42.6 Å². The number of nitrogens with zero attached hydrogens (tertiary/aromatic N) is 1. The van der Waals surface area contributed by atoms with Crippen LogP contribution in [0, 0.1) is 17.2 Å². The van der Waals surface area contributed by atoms with E-state index in [2.05, 4.69) is 18.3 Å². The maximum Gasteiger partial charge on any atom is 0.0672 e. The predicted molar refractivity (Wildman–Crippen MR) is 79.4 cm³/mol. The lowest BCUT2D eigenvalue weighted by atomic mass is 10.00. The Hall–Kier alpha value is -0.750. The fraction of sp³-hybridized carbons (Fsp3) is 0.533. The van der Waals surface area contributed by atoms with Gasteiger partial charge in [0.25, 0.3) is 0 Å². The molecular formula is C15H18Cl2N2. The van der Waals surface area contributed by atoms with E-state index in [1.807, 2.05) is 18.2 Å². The standard InChI is InChI=1S/C15H18Cl2N2/c1-2-14(10-6-7-12(16)13(17)8-10)19-15-5-3-4-11(15)9-18/h6-8,11,14-15,19H,2-5H2,1H3. The quantitative estimate of drug-likeness (QED) is 0.872. The third-order valence-electron chi connectivity index (χ3n) is 3.85. The zero-order valence-electron chi connectivity index (χ0n) is 11.0. The Morgan fingerprint density at radius 2 is 2.16 bits per heavy atom. The summed E-state index contributed by atoms with van der Waals surface area (Å²) in [4.78, 5) is 0. The number of halogens is 2. The molecule has 0 heterocycles. The number of nitrogens with one attached hydrogen (secondary N) is 1. The molecule has 102 valence electrons. The zero-order chi connectivity index (χ0) is 13.8. The van der Waals surface area contributed by atoms with Crippen molar-refractivity contribution in [3.63, 3.8) is 0 Å². The summed E-state index contributed by atoms with van der Waals surface area (Å²) < 4.78 is 0. The Labute approximate surface area is 124 Å². The molecule has 0 aliphatic heterocycles. The first kappa shape index (κ1) is 14.7. The molecule has 1 saturated carbocycles. The third-order valence-corrected chi connectivity index (χ3v) is 4.59. The molecule has 0 saturated heterocycles. The number of rotatable bonds is 4. The van der Waals surface area contributed by atoms with Gasteiger partial charge < -0.3 is 5.32 Å². The first-order valence-corrected chi connectivity index (χ1v) is 7.52. The van der Waals surface area contributed by atoms with Crippen molar-refractivity contribution in [3.8, 4) is 6.07 Å². The van der Waals surface area contributed by atoms with Gasteiger partial charge in [0.2, 0.25) is 0 Å². The van der Waals surface area contributed by atoms with Crippen LogP contribution in [-0.2, 0) is 0 Å². The van der Waals surface area contributed by atoms with Crippen LogP contribution in [0.4, 0.5) is 0 Å². The van der Waals surface area contributed by atoms with E-state index in [-0.39, 0.29) is 12.0 Å². The smallest absolute Gasteiger partial charge is 0.0672 e. The van der Waals surface area contributed by atoms with Gasteiger partial charge >= 0.3 is 0 Å². The number of benzene rings is 1. The average Bonchev–Trinajstić information content (AvgIpc) is 2.86. The molecule has 2 nitrogen and oxygen atoms in total. The molecule has 0 bridgehead atoms. The first-order chi connectivity index (χ1) is 9.15. The molecule has 3 atom stereocenters. The molecule has 1 aromatic rings. The van der Waals surface area contributed by atoms with Crippen molar-refractivity contribution in [2.24, 2.45) is 5.92 Å². The Morgan fingerprint density at radius 1 is 1.37 bits per heavy atom. The topological polar surface area (TPSA) is 35.8 Å². The molecule has 1 aliphatic carbocycles. The maximum absolute atomic E-state index is 9.14. The fourth-order valence-electron chi connectivity index (χ4n) is 2.75. The lowest BCUT2D eigenvalue weighted by Crippen LogP contribution is -2.34.